The molecule has 0 spiro atoms. The molecule has 0 N–H and O–H groups in total. The van der Waals surface area contributed by atoms with Crippen molar-refractivity contribution in [1.82, 2.24) is 0 Å². The highest BCUT2D eigenvalue weighted by Crippen LogP contribution is 2.41. The molecule has 1 atom stereocenters. The van der Waals surface area contributed by atoms with Gasteiger partial charge in [-0.3, -0.25) is 9.59 Å². The van der Waals surface area contributed by atoms with E-state index in [2.05, 4.69) is 0 Å². The number of ketones is 2. The average Bonchev–Trinajstić information content (AvgIpc) is 3.00. The van der Waals surface area contributed by atoms with Crippen molar-refractivity contribution in [3.05, 3.63) is 11.1 Å². The highest BCUT2D eigenvalue weighted by molar-refractivity contribution is 6.05. The lowest BCUT2D eigenvalue weighted by Crippen LogP contribution is -2.24. The molecule has 2 aliphatic rings. The molecule has 0 aliphatic heterocycles. The van der Waals surface area contributed by atoms with Gasteiger partial charge in [-0.05, 0) is 32.6 Å². The fourth-order valence-electron chi connectivity index (χ4n) is 2.57. The van der Waals surface area contributed by atoms with Crippen LogP contribution in [0, 0.1) is 17.8 Å². The van der Waals surface area contributed by atoms with Gasteiger partial charge in [0.05, 0.1) is 0 Å². The van der Waals surface area contributed by atoms with Crippen LogP contribution in [-0.2, 0) is 9.59 Å². The summed E-state index contributed by atoms with van der Waals surface area (Å²) in [4.78, 5) is 24.2. The van der Waals surface area contributed by atoms with Gasteiger partial charge in [0, 0.05) is 23.3 Å². The third-order valence-electron chi connectivity index (χ3n) is 3.74. The monoisotopic (exact) mass is 220 g/mol. The zero-order valence-electron chi connectivity index (χ0n) is 10.4. The van der Waals surface area contributed by atoms with Crippen LogP contribution in [0.3, 0.4) is 0 Å². The predicted molar refractivity (Wildman–Crippen MR) is 63.0 cm³/mol. The molecular weight excluding hydrogens is 200 g/mol. The SMILES string of the molecule is CC1=C(C(=O)C2CC2)C(C(=O)C(C)C)CC1. The van der Waals surface area contributed by atoms with Crippen LogP contribution in [0.1, 0.15) is 46.5 Å². The van der Waals surface area contributed by atoms with E-state index in [1.165, 1.54) is 0 Å². The van der Waals surface area contributed by atoms with E-state index in [0.29, 0.717) is 0 Å². The predicted octanol–water partition coefficient (Wildman–Crippen LogP) is 2.92. The Bertz CT molecular complexity index is 359. The number of hydrogen-bond acceptors (Lipinski definition) is 2. The van der Waals surface area contributed by atoms with Crippen molar-refractivity contribution in [2.75, 3.05) is 0 Å². The maximum atomic E-state index is 12.1. The summed E-state index contributed by atoms with van der Waals surface area (Å²) in [5.74, 6) is 0.714. The van der Waals surface area contributed by atoms with Gasteiger partial charge in [0.2, 0.25) is 0 Å². The van der Waals surface area contributed by atoms with Crippen molar-refractivity contribution >= 4 is 11.6 Å². The van der Waals surface area contributed by atoms with Crippen LogP contribution in [0.2, 0.25) is 0 Å². The molecule has 0 aromatic rings. The van der Waals surface area contributed by atoms with Gasteiger partial charge in [-0.25, -0.2) is 0 Å². The second-order valence-corrected chi connectivity index (χ2v) is 5.48. The van der Waals surface area contributed by atoms with E-state index in [4.69, 9.17) is 0 Å². The average molecular weight is 220 g/mol. The van der Waals surface area contributed by atoms with Gasteiger partial charge in [0.1, 0.15) is 5.78 Å². The smallest absolute Gasteiger partial charge is 0.162 e. The van der Waals surface area contributed by atoms with Crippen molar-refractivity contribution < 1.29 is 9.59 Å². The van der Waals surface area contributed by atoms with E-state index in [1.807, 2.05) is 20.8 Å². The van der Waals surface area contributed by atoms with Gasteiger partial charge in [-0.1, -0.05) is 19.4 Å². The minimum atomic E-state index is -0.0897. The molecular formula is C14H20O2. The Morgan fingerprint density at radius 1 is 1.19 bits per heavy atom. The number of rotatable bonds is 4. The minimum Gasteiger partial charge on any atom is -0.299 e. The van der Waals surface area contributed by atoms with Gasteiger partial charge in [0.15, 0.2) is 5.78 Å². The van der Waals surface area contributed by atoms with Crippen molar-refractivity contribution in [1.29, 1.82) is 0 Å². The Morgan fingerprint density at radius 3 is 2.31 bits per heavy atom. The molecule has 0 aromatic carbocycles. The van der Waals surface area contributed by atoms with Crippen molar-refractivity contribution in [2.45, 2.75) is 46.5 Å². The topological polar surface area (TPSA) is 34.1 Å². The first kappa shape index (κ1) is 11.6. The summed E-state index contributed by atoms with van der Waals surface area (Å²) < 4.78 is 0. The van der Waals surface area contributed by atoms with E-state index in [1.54, 1.807) is 0 Å². The quantitative estimate of drug-likeness (QED) is 0.730. The maximum Gasteiger partial charge on any atom is 0.162 e. The molecule has 0 aromatic heterocycles. The largest absolute Gasteiger partial charge is 0.299 e. The Hall–Kier alpha value is -0.920. The number of allylic oxidation sites excluding steroid dienone is 2. The molecule has 88 valence electrons. The lowest BCUT2D eigenvalue weighted by atomic mass is 9.86. The third kappa shape index (κ3) is 1.98. The van der Waals surface area contributed by atoms with Crippen LogP contribution in [0.4, 0.5) is 0 Å². The Morgan fingerprint density at radius 2 is 1.81 bits per heavy atom. The van der Waals surface area contributed by atoms with Crippen LogP contribution in [0.5, 0.6) is 0 Å². The summed E-state index contributed by atoms with van der Waals surface area (Å²) in [6, 6.07) is 0. The molecule has 2 aliphatic carbocycles. The normalized spacial score (nSPS) is 25.4. The Kier molecular flexibility index (Phi) is 3.00. The van der Waals surface area contributed by atoms with Gasteiger partial charge < -0.3 is 0 Å². The second-order valence-electron chi connectivity index (χ2n) is 5.48. The molecule has 0 saturated heterocycles. The number of carbonyl (C=O) groups excluding carboxylic acids is 2. The maximum absolute atomic E-state index is 12.1. The highest BCUT2D eigenvalue weighted by atomic mass is 16.1. The second kappa shape index (κ2) is 4.15. The molecule has 16 heavy (non-hydrogen) atoms. The highest BCUT2D eigenvalue weighted by Gasteiger charge is 2.40. The molecule has 0 amide bonds. The first-order chi connectivity index (χ1) is 7.52. The molecule has 1 saturated carbocycles. The van der Waals surface area contributed by atoms with Crippen LogP contribution in [-0.4, -0.2) is 11.6 Å². The van der Waals surface area contributed by atoms with Crippen molar-refractivity contribution in [2.24, 2.45) is 17.8 Å². The van der Waals surface area contributed by atoms with Crippen LogP contribution >= 0.6 is 0 Å². The summed E-state index contributed by atoms with van der Waals surface area (Å²) in [5, 5.41) is 0. The van der Waals surface area contributed by atoms with E-state index in [-0.39, 0.29) is 29.3 Å². The van der Waals surface area contributed by atoms with Crippen LogP contribution in [0.25, 0.3) is 0 Å². The van der Waals surface area contributed by atoms with E-state index < -0.39 is 0 Å². The molecule has 0 radical (unpaired) electrons. The Labute approximate surface area is 97.1 Å². The zero-order valence-corrected chi connectivity index (χ0v) is 10.4. The zero-order chi connectivity index (χ0) is 11.9. The molecule has 2 heteroatoms. The summed E-state index contributed by atoms with van der Waals surface area (Å²) in [6.07, 6.45) is 3.84. The molecule has 2 nitrogen and oxygen atoms in total. The van der Waals surface area contributed by atoms with Gasteiger partial charge >= 0.3 is 0 Å². The van der Waals surface area contributed by atoms with Crippen molar-refractivity contribution in [3.8, 4) is 0 Å². The van der Waals surface area contributed by atoms with E-state index in [9.17, 15) is 9.59 Å². The van der Waals surface area contributed by atoms with Crippen LogP contribution < -0.4 is 0 Å². The number of Topliss-reactive ketones (excluding diaryl/α,β-unsaturated/α-hetero) is 2. The van der Waals surface area contributed by atoms with Gasteiger partial charge in [-0.15, -0.1) is 0 Å². The van der Waals surface area contributed by atoms with E-state index >= 15 is 0 Å². The van der Waals surface area contributed by atoms with Gasteiger partial charge in [0.25, 0.3) is 0 Å². The molecule has 1 unspecified atom stereocenters. The van der Waals surface area contributed by atoms with Crippen molar-refractivity contribution in [3.63, 3.8) is 0 Å². The summed E-state index contributed by atoms with van der Waals surface area (Å²) >= 11 is 0. The summed E-state index contributed by atoms with van der Waals surface area (Å²) in [6.45, 7) is 5.87. The first-order valence-electron chi connectivity index (χ1n) is 6.30. The van der Waals surface area contributed by atoms with E-state index in [0.717, 1.165) is 36.8 Å². The fourth-order valence-corrected chi connectivity index (χ4v) is 2.57. The molecule has 1 fully saturated rings. The molecule has 2 rings (SSSR count). The number of hydrogen-bond donors (Lipinski definition) is 0. The lowest BCUT2D eigenvalue weighted by molar-refractivity contribution is -0.126. The fraction of sp³-hybridized carbons (Fsp3) is 0.714. The minimum absolute atomic E-state index is 0.0397. The molecule has 0 bridgehead atoms. The third-order valence-corrected chi connectivity index (χ3v) is 3.74. The summed E-state index contributed by atoms with van der Waals surface area (Å²) in [5.41, 5.74) is 2.04. The van der Waals surface area contributed by atoms with Crippen LogP contribution in [0.15, 0.2) is 11.1 Å². The first-order valence-corrected chi connectivity index (χ1v) is 6.30. The summed E-state index contributed by atoms with van der Waals surface area (Å²) in [7, 11) is 0. The standard InChI is InChI=1S/C14H20O2/c1-8(2)13(15)11-7-4-9(3)12(11)14(16)10-5-6-10/h8,10-11H,4-7H2,1-3H3. The Balaban J connectivity index is 2.21. The number of carbonyl (C=O) groups is 2. The lowest BCUT2D eigenvalue weighted by Gasteiger charge is -2.15. The molecule has 0 heterocycles. The van der Waals surface area contributed by atoms with Gasteiger partial charge in [-0.2, -0.15) is 0 Å².